The smallest absolute Gasteiger partial charge is 0.146 e. The molecule has 0 fully saturated rings. The Labute approximate surface area is 89.2 Å². The maximum Gasteiger partial charge on any atom is 0.146 e. The van der Waals surface area contributed by atoms with Crippen molar-refractivity contribution in [2.75, 3.05) is 5.73 Å². The van der Waals surface area contributed by atoms with Crippen molar-refractivity contribution in [1.29, 1.82) is 0 Å². The third-order valence-electron chi connectivity index (χ3n) is 1.68. The molecule has 0 aliphatic heterocycles. The third-order valence-corrected chi connectivity index (χ3v) is 1.68. The highest BCUT2D eigenvalue weighted by atomic mass is 16.6. The van der Waals surface area contributed by atoms with Gasteiger partial charge < -0.3 is 10.6 Å². The second-order valence-electron chi connectivity index (χ2n) is 2.84. The standard InChI is InChI=1S/C6H7NO.C6H7N/c7-8-6-4-2-1-3-5-6;7-6-4-2-1-3-5-6/h1-5H,7H2;1-5H,7H2. The van der Waals surface area contributed by atoms with Crippen LogP contribution in [-0.4, -0.2) is 0 Å². The van der Waals surface area contributed by atoms with E-state index in [1.165, 1.54) is 0 Å². The molecule has 3 nitrogen and oxygen atoms in total. The lowest BCUT2D eigenvalue weighted by atomic mass is 10.3. The topological polar surface area (TPSA) is 61.3 Å². The van der Waals surface area contributed by atoms with Crippen molar-refractivity contribution in [3.8, 4) is 5.75 Å². The number of rotatable bonds is 1. The Kier molecular flexibility index (Phi) is 4.77. The summed E-state index contributed by atoms with van der Waals surface area (Å²) in [5, 5.41) is 0. The minimum atomic E-state index is 0.688. The number of hydrogen-bond donors (Lipinski definition) is 2. The molecule has 0 radical (unpaired) electrons. The molecule has 2 rings (SSSR count). The maximum absolute atomic E-state index is 5.36. The van der Waals surface area contributed by atoms with E-state index in [2.05, 4.69) is 4.84 Å². The van der Waals surface area contributed by atoms with Crippen LogP contribution in [0.4, 0.5) is 5.69 Å². The number of nitrogens with two attached hydrogens (primary N) is 2. The summed E-state index contributed by atoms with van der Waals surface area (Å²) in [6.07, 6.45) is 0. The molecule has 0 heterocycles. The number of nitrogen functional groups attached to an aromatic ring is 1. The fraction of sp³-hybridized carbons (Fsp3) is 0. The van der Waals surface area contributed by atoms with Crippen LogP contribution in [0, 0.1) is 0 Å². The predicted octanol–water partition coefficient (Wildman–Crippen LogP) is 2.21. The average molecular weight is 202 g/mol. The molecule has 0 spiro atoms. The molecule has 0 aromatic heterocycles. The fourth-order valence-electron chi connectivity index (χ4n) is 0.952. The van der Waals surface area contributed by atoms with Crippen LogP contribution in [0.25, 0.3) is 0 Å². The summed E-state index contributed by atoms with van der Waals surface area (Å²) in [7, 11) is 0. The fourth-order valence-corrected chi connectivity index (χ4v) is 0.952. The van der Waals surface area contributed by atoms with Gasteiger partial charge in [0, 0.05) is 5.69 Å². The Morgan fingerprint density at radius 3 is 1.47 bits per heavy atom. The lowest BCUT2D eigenvalue weighted by Crippen LogP contribution is -2.00. The first-order valence-corrected chi connectivity index (χ1v) is 4.55. The summed E-state index contributed by atoms with van der Waals surface area (Å²) in [5.41, 5.74) is 6.18. The van der Waals surface area contributed by atoms with E-state index in [-0.39, 0.29) is 0 Å². The van der Waals surface area contributed by atoms with Gasteiger partial charge in [0.25, 0.3) is 0 Å². The largest absolute Gasteiger partial charge is 0.412 e. The van der Waals surface area contributed by atoms with Gasteiger partial charge in [0.2, 0.25) is 0 Å². The SMILES string of the molecule is NOc1ccccc1.Nc1ccccc1. The van der Waals surface area contributed by atoms with E-state index in [0.29, 0.717) is 5.75 Å². The van der Waals surface area contributed by atoms with E-state index in [4.69, 9.17) is 11.6 Å². The molecule has 0 aliphatic rings. The van der Waals surface area contributed by atoms with Crippen molar-refractivity contribution in [3.05, 3.63) is 60.7 Å². The van der Waals surface area contributed by atoms with Crippen molar-refractivity contribution in [3.63, 3.8) is 0 Å². The lowest BCUT2D eigenvalue weighted by Gasteiger charge is -1.92. The van der Waals surface area contributed by atoms with Crippen LogP contribution >= 0.6 is 0 Å². The van der Waals surface area contributed by atoms with Crippen molar-refractivity contribution in [2.24, 2.45) is 5.90 Å². The number of benzene rings is 2. The van der Waals surface area contributed by atoms with E-state index < -0.39 is 0 Å². The number of anilines is 1. The van der Waals surface area contributed by atoms with Gasteiger partial charge in [-0.3, -0.25) is 0 Å². The van der Waals surface area contributed by atoms with Crippen LogP contribution in [0.1, 0.15) is 0 Å². The van der Waals surface area contributed by atoms with Crippen molar-refractivity contribution in [2.45, 2.75) is 0 Å². The molecule has 4 N–H and O–H groups in total. The quantitative estimate of drug-likeness (QED) is 0.550. The second kappa shape index (κ2) is 6.45. The minimum Gasteiger partial charge on any atom is -0.412 e. The lowest BCUT2D eigenvalue weighted by molar-refractivity contribution is 0.334. The van der Waals surface area contributed by atoms with Crippen LogP contribution in [0.2, 0.25) is 0 Å². The molecule has 0 bridgehead atoms. The Bertz CT molecular complexity index is 362. The van der Waals surface area contributed by atoms with Crippen LogP contribution < -0.4 is 16.5 Å². The summed E-state index contributed by atoms with van der Waals surface area (Å²) >= 11 is 0. The molecular formula is C12H14N2O. The van der Waals surface area contributed by atoms with Gasteiger partial charge in [-0.1, -0.05) is 36.4 Å². The molecular weight excluding hydrogens is 188 g/mol. The van der Waals surface area contributed by atoms with Gasteiger partial charge >= 0.3 is 0 Å². The van der Waals surface area contributed by atoms with Gasteiger partial charge in [-0.05, 0) is 24.3 Å². The summed E-state index contributed by atoms with van der Waals surface area (Å²) in [5.74, 6) is 5.54. The van der Waals surface area contributed by atoms with Crippen LogP contribution in [-0.2, 0) is 0 Å². The van der Waals surface area contributed by atoms with Crippen molar-refractivity contribution < 1.29 is 4.84 Å². The summed E-state index contributed by atoms with van der Waals surface area (Å²) < 4.78 is 0. The first kappa shape index (κ1) is 11.1. The monoisotopic (exact) mass is 202 g/mol. The predicted molar refractivity (Wildman–Crippen MR) is 62.1 cm³/mol. The highest BCUT2D eigenvalue weighted by molar-refractivity contribution is 5.35. The zero-order valence-corrected chi connectivity index (χ0v) is 8.34. The summed E-state index contributed by atoms with van der Waals surface area (Å²) in [6.45, 7) is 0. The van der Waals surface area contributed by atoms with Crippen LogP contribution in [0.3, 0.4) is 0 Å². The molecule has 3 heteroatoms. The Morgan fingerprint density at radius 2 is 1.20 bits per heavy atom. The van der Waals surface area contributed by atoms with E-state index in [1.54, 1.807) is 12.1 Å². The highest BCUT2D eigenvalue weighted by Crippen LogP contribution is 2.04. The Balaban J connectivity index is 0.000000151. The molecule has 0 amide bonds. The van der Waals surface area contributed by atoms with Crippen molar-refractivity contribution >= 4 is 5.69 Å². The highest BCUT2D eigenvalue weighted by Gasteiger charge is 1.81. The minimum absolute atomic E-state index is 0.688. The van der Waals surface area contributed by atoms with Gasteiger partial charge in [-0.15, -0.1) is 0 Å². The molecule has 2 aromatic carbocycles. The van der Waals surface area contributed by atoms with E-state index in [9.17, 15) is 0 Å². The molecule has 0 saturated heterocycles. The average Bonchev–Trinajstić information content (AvgIpc) is 2.32. The molecule has 0 saturated carbocycles. The van der Waals surface area contributed by atoms with Gasteiger partial charge in [-0.25, -0.2) is 0 Å². The zero-order chi connectivity index (χ0) is 10.9. The van der Waals surface area contributed by atoms with E-state index >= 15 is 0 Å². The second-order valence-corrected chi connectivity index (χ2v) is 2.84. The molecule has 15 heavy (non-hydrogen) atoms. The first-order chi connectivity index (χ1) is 7.33. The van der Waals surface area contributed by atoms with Crippen molar-refractivity contribution in [1.82, 2.24) is 0 Å². The van der Waals surface area contributed by atoms with E-state index in [0.717, 1.165) is 5.69 Å². The zero-order valence-electron chi connectivity index (χ0n) is 8.34. The first-order valence-electron chi connectivity index (χ1n) is 4.55. The van der Waals surface area contributed by atoms with E-state index in [1.807, 2.05) is 48.5 Å². The summed E-state index contributed by atoms with van der Waals surface area (Å²) in [6, 6.07) is 18.7. The molecule has 78 valence electrons. The molecule has 0 unspecified atom stereocenters. The van der Waals surface area contributed by atoms with Gasteiger partial charge in [0.1, 0.15) is 5.75 Å². The summed E-state index contributed by atoms with van der Waals surface area (Å²) in [4.78, 5) is 4.41. The molecule has 0 aliphatic carbocycles. The third kappa shape index (κ3) is 4.69. The normalized spacial score (nSPS) is 8.60. The number of hydrogen-bond acceptors (Lipinski definition) is 3. The van der Waals surface area contributed by atoms with Crippen LogP contribution in [0.5, 0.6) is 5.75 Å². The maximum atomic E-state index is 5.36. The van der Waals surface area contributed by atoms with Crippen LogP contribution in [0.15, 0.2) is 60.7 Å². The number of para-hydroxylation sites is 2. The Morgan fingerprint density at radius 1 is 0.733 bits per heavy atom. The molecule has 0 atom stereocenters. The van der Waals surface area contributed by atoms with Gasteiger partial charge in [0.15, 0.2) is 0 Å². The Hall–Kier alpha value is -2.00. The van der Waals surface area contributed by atoms with Gasteiger partial charge in [-0.2, -0.15) is 5.90 Å². The molecule has 2 aromatic rings. The van der Waals surface area contributed by atoms with Gasteiger partial charge in [0.05, 0.1) is 0 Å².